The van der Waals surface area contributed by atoms with Crippen molar-refractivity contribution in [3.63, 3.8) is 0 Å². The maximum Gasteiger partial charge on any atom is 0.328 e. The van der Waals surface area contributed by atoms with E-state index in [1.54, 1.807) is 0 Å². The predicted octanol–water partition coefficient (Wildman–Crippen LogP) is -2.26. The Bertz CT molecular complexity index is 308. The van der Waals surface area contributed by atoms with E-state index in [1.807, 2.05) is 5.32 Å². The molecule has 0 fully saturated rings. The average Bonchev–Trinajstić information content (AvgIpc) is 2.23. The minimum Gasteiger partial charge on any atom is -0.481 e. The lowest BCUT2D eigenvalue weighted by molar-refractivity contribution is -0.145. The third-order valence-corrected chi connectivity index (χ3v) is 1.77. The number of nitrogens with two attached hydrogens (primary N) is 1. The van der Waals surface area contributed by atoms with Gasteiger partial charge in [0.2, 0.25) is 5.91 Å². The molecule has 3 atom stereocenters. The molecule has 1 amide bonds. The third kappa shape index (κ3) is 4.71. The molecule has 0 aliphatic heterocycles. The molecule has 0 saturated heterocycles. The molecule has 6 N–H and O–H groups in total. The van der Waals surface area contributed by atoms with E-state index in [-0.39, 0.29) is 0 Å². The van der Waals surface area contributed by atoms with Crippen LogP contribution in [0.5, 0.6) is 0 Å². The van der Waals surface area contributed by atoms with E-state index in [4.69, 9.17) is 17.4 Å². The molecule has 0 aliphatic carbocycles. The number of carboxylic acid groups (broad SMARTS) is 2. The summed E-state index contributed by atoms with van der Waals surface area (Å²) in [5.41, 5.74) is 5.27. The molecular weight excluding hydrogens is 220 g/mol. The van der Waals surface area contributed by atoms with Crippen LogP contribution in [0.15, 0.2) is 0 Å². The molecule has 0 saturated carbocycles. The van der Waals surface area contributed by atoms with Gasteiger partial charge >= 0.3 is 11.9 Å². The number of aliphatic hydroxyl groups is 1. The van der Waals surface area contributed by atoms with Crippen LogP contribution in [0.4, 0.5) is 0 Å². The zero-order valence-electron chi connectivity index (χ0n) is 9.54. The number of hydrogen-bond donors (Lipinski definition) is 5. The fraction of sp³-hybridized carbons (Fsp3) is 0.625. The second kappa shape index (κ2) is 6.03. The lowest BCUT2D eigenvalue weighted by atomic mass is 10.1. The van der Waals surface area contributed by atoms with E-state index in [1.165, 1.54) is 6.92 Å². The predicted molar refractivity (Wildman–Crippen MR) is 51.5 cm³/mol. The van der Waals surface area contributed by atoms with E-state index in [2.05, 4.69) is 5.11 Å². The number of aliphatic hydroxyl groups excluding tert-OH is 1. The highest BCUT2D eigenvalue weighted by molar-refractivity contribution is 5.89. The van der Waals surface area contributed by atoms with Crippen LogP contribution in [0.25, 0.3) is 1.43 Å². The van der Waals surface area contributed by atoms with Crippen molar-refractivity contribution >= 4 is 17.8 Å². The summed E-state index contributed by atoms with van der Waals surface area (Å²) in [5, 5.41) is 23.3. The van der Waals surface area contributed by atoms with Gasteiger partial charge in [-0.05, 0) is 6.92 Å². The topological polar surface area (TPSA) is 150 Å². The van der Waals surface area contributed by atoms with Gasteiger partial charge in [-0.25, -0.2) is 4.79 Å². The number of nitrogens with one attached hydrogen (secondary N) is 1. The van der Waals surface area contributed by atoms with Crippen LogP contribution >= 0.6 is 0 Å². The number of carbonyl (C=O) groups excluding carboxylic acids is 1. The molecule has 0 aliphatic rings. The molecule has 0 radical (unpaired) electrons. The SMILES string of the molecule is [2H]OC(=O)C[C@H](N)C(=O)N[C@H](C(=O)O)[C@@H](C)O. The Labute approximate surface area is 92.5 Å². The summed E-state index contributed by atoms with van der Waals surface area (Å²) in [4.78, 5) is 32.6. The Morgan fingerprint density at radius 2 is 2.06 bits per heavy atom. The van der Waals surface area contributed by atoms with E-state index in [0.717, 1.165) is 0 Å². The molecule has 92 valence electrons. The van der Waals surface area contributed by atoms with Gasteiger partial charge in [-0.1, -0.05) is 0 Å². The quantitative estimate of drug-likeness (QED) is 0.348. The van der Waals surface area contributed by atoms with E-state index >= 15 is 0 Å². The Hall–Kier alpha value is -1.67. The van der Waals surface area contributed by atoms with Crippen molar-refractivity contribution in [2.75, 3.05) is 0 Å². The van der Waals surface area contributed by atoms with Gasteiger partial charge in [0, 0.05) is 0 Å². The summed E-state index contributed by atoms with van der Waals surface area (Å²) in [5.74, 6) is -3.37. The lowest BCUT2D eigenvalue weighted by Crippen LogP contribution is -2.53. The summed E-state index contributed by atoms with van der Waals surface area (Å²) < 4.78 is 6.25. The minimum atomic E-state index is -1.51. The summed E-state index contributed by atoms with van der Waals surface area (Å²) in [6, 6.07) is -2.85. The zero-order valence-corrected chi connectivity index (χ0v) is 8.54. The number of aliphatic carboxylic acids is 2. The monoisotopic (exact) mass is 235 g/mol. The maximum atomic E-state index is 11.3. The van der Waals surface area contributed by atoms with E-state index in [0.29, 0.717) is 0 Å². The molecule has 8 heteroatoms. The molecular formula is C8H14N2O6. The highest BCUT2D eigenvalue weighted by Gasteiger charge is 2.27. The van der Waals surface area contributed by atoms with Gasteiger partial charge in [-0.15, -0.1) is 0 Å². The van der Waals surface area contributed by atoms with Crippen LogP contribution in [0.3, 0.4) is 0 Å². The van der Waals surface area contributed by atoms with Crippen LogP contribution in [0.1, 0.15) is 13.3 Å². The van der Waals surface area contributed by atoms with Crippen LogP contribution in [-0.2, 0) is 14.4 Å². The van der Waals surface area contributed by atoms with E-state index < -0.39 is 42.5 Å². The van der Waals surface area contributed by atoms with Crippen LogP contribution in [-0.4, -0.2) is 51.4 Å². The summed E-state index contributed by atoms with van der Waals surface area (Å²) in [7, 11) is 0. The van der Waals surface area contributed by atoms with Gasteiger partial charge in [-0.3, -0.25) is 9.59 Å². The Morgan fingerprint density at radius 3 is 2.44 bits per heavy atom. The normalized spacial score (nSPS) is 16.6. The zero-order chi connectivity index (χ0) is 13.6. The second-order valence-electron chi connectivity index (χ2n) is 3.25. The first kappa shape index (κ1) is 12.4. The number of hydrogen-bond acceptors (Lipinski definition) is 6. The molecule has 0 aromatic carbocycles. The smallest absolute Gasteiger partial charge is 0.328 e. The van der Waals surface area contributed by atoms with Crippen molar-refractivity contribution in [3.8, 4) is 0 Å². The first-order valence-corrected chi connectivity index (χ1v) is 4.42. The van der Waals surface area contributed by atoms with Crippen molar-refractivity contribution in [1.29, 1.82) is 1.43 Å². The molecule has 0 bridgehead atoms. The van der Waals surface area contributed by atoms with Crippen LogP contribution in [0.2, 0.25) is 0 Å². The largest absolute Gasteiger partial charge is 0.481 e. The van der Waals surface area contributed by atoms with Crippen molar-refractivity contribution < 1.29 is 29.7 Å². The summed E-state index contributed by atoms with van der Waals surface area (Å²) in [6.45, 7) is 1.18. The molecule has 0 aromatic rings. The standard InChI is InChI=1S/C8H14N2O6/c1-3(11)6(8(15)16)10-7(14)4(9)2-5(12)13/h3-4,6,11H,2,9H2,1H3,(H,10,14)(H,12,13)(H,15,16)/t3-,4+,6+/m1/s1/i/hD. The first-order valence-electron chi connectivity index (χ1n) is 4.83. The molecule has 8 nitrogen and oxygen atoms in total. The second-order valence-corrected chi connectivity index (χ2v) is 3.25. The van der Waals surface area contributed by atoms with Crippen molar-refractivity contribution in [2.45, 2.75) is 31.5 Å². The van der Waals surface area contributed by atoms with Gasteiger partial charge in [0.05, 0.1) is 18.6 Å². The fourth-order valence-electron chi connectivity index (χ4n) is 0.921. The molecule has 0 spiro atoms. The number of amides is 1. The molecule has 0 aromatic heterocycles. The van der Waals surface area contributed by atoms with Gasteiger partial charge in [0.1, 0.15) is 0 Å². The Balaban J connectivity index is 4.41. The highest BCUT2D eigenvalue weighted by atomic mass is 16.4. The van der Waals surface area contributed by atoms with Crippen molar-refractivity contribution in [2.24, 2.45) is 5.73 Å². The minimum absolute atomic E-state index is 0.554. The van der Waals surface area contributed by atoms with E-state index in [9.17, 15) is 14.4 Å². The maximum absolute atomic E-state index is 11.3. The first-order chi connectivity index (χ1) is 7.79. The van der Waals surface area contributed by atoms with Gasteiger partial charge in [-0.2, -0.15) is 0 Å². The number of carbonyl (C=O) groups is 3. The summed E-state index contributed by atoms with van der Waals surface area (Å²) in [6.07, 6.45) is -1.87. The van der Waals surface area contributed by atoms with Gasteiger partial charge < -0.3 is 26.4 Å². The van der Waals surface area contributed by atoms with Gasteiger partial charge in [0.25, 0.3) is 1.43 Å². The number of rotatable bonds is 6. The van der Waals surface area contributed by atoms with Crippen molar-refractivity contribution in [3.05, 3.63) is 0 Å². The molecule has 16 heavy (non-hydrogen) atoms. The Morgan fingerprint density at radius 1 is 1.50 bits per heavy atom. The highest BCUT2D eigenvalue weighted by Crippen LogP contribution is 1.96. The molecule has 0 heterocycles. The van der Waals surface area contributed by atoms with Crippen molar-refractivity contribution in [1.82, 2.24) is 5.32 Å². The Kier molecular flexibility index (Phi) is 4.67. The third-order valence-electron chi connectivity index (χ3n) is 1.77. The van der Waals surface area contributed by atoms with Crippen LogP contribution < -0.4 is 11.1 Å². The van der Waals surface area contributed by atoms with Crippen LogP contribution in [0, 0.1) is 0 Å². The van der Waals surface area contributed by atoms with Gasteiger partial charge in [0.15, 0.2) is 6.04 Å². The summed E-state index contributed by atoms with van der Waals surface area (Å²) >= 11 is 0. The fourth-order valence-corrected chi connectivity index (χ4v) is 0.921. The molecule has 0 rings (SSSR count). The molecule has 0 unspecified atom stereocenters. The lowest BCUT2D eigenvalue weighted by Gasteiger charge is -2.18. The average molecular weight is 235 g/mol. The number of carboxylic acids is 2.